The molecule has 0 bridgehead atoms. The van der Waals surface area contributed by atoms with Crippen LogP contribution < -0.4 is 5.32 Å². The molecule has 2 aromatic rings. The zero-order chi connectivity index (χ0) is 15.5. The van der Waals surface area contributed by atoms with Crippen LogP contribution in [0.3, 0.4) is 0 Å². The molecule has 2 heterocycles. The molecule has 0 saturated heterocycles. The maximum atomic E-state index is 12.6. The Hall–Kier alpha value is -1.64. The summed E-state index contributed by atoms with van der Waals surface area (Å²) < 4.78 is 31.7. The van der Waals surface area contributed by atoms with Gasteiger partial charge in [-0.1, -0.05) is 6.92 Å². The summed E-state index contributed by atoms with van der Waals surface area (Å²) in [5.41, 5.74) is 1.42. The first kappa shape index (κ1) is 15.7. The largest absolute Gasteiger partial charge is 0.468 e. The molecule has 0 spiro atoms. The average molecular weight is 312 g/mol. The smallest absolute Gasteiger partial charge is 0.262 e. The van der Waals surface area contributed by atoms with Crippen molar-refractivity contribution in [2.75, 3.05) is 13.6 Å². The van der Waals surface area contributed by atoms with Crippen molar-refractivity contribution in [2.24, 2.45) is 0 Å². The van der Waals surface area contributed by atoms with E-state index in [-0.39, 0.29) is 11.6 Å². The number of aryl methyl sites for hydroxylation is 1. The SMILES string of the molecule is CCNCc1c(S(=O)(=O)N(C)Cc2ccco2)n[nH]c1C. The van der Waals surface area contributed by atoms with E-state index < -0.39 is 10.0 Å². The number of rotatable bonds is 7. The molecule has 8 heteroatoms. The lowest BCUT2D eigenvalue weighted by molar-refractivity contribution is 0.404. The highest BCUT2D eigenvalue weighted by molar-refractivity contribution is 7.89. The third kappa shape index (κ3) is 3.34. The highest BCUT2D eigenvalue weighted by Crippen LogP contribution is 2.21. The van der Waals surface area contributed by atoms with Crippen molar-refractivity contribution in [1.29, 1.82) is 0 Å². The van der Waals surface area contributed by atoms with E-state index >= 15 is 0 Å². The van der Waals surface area contributed by atoms with Crippen LogP contribution in [-0.2, 0) is 23.1 Å². The molecule has 2 aromatic heterocycles. The van der Waals surface area contributed by atoms with Crippen molar-refractivity contribution in [3.63, 3.8) is 0 Å². The van der Waals surface area contributed by atoms with Crippen LogP contribution in [0.4, 0.5) is 0 Å². The zero-order valence-electron chi connectivity index (χ0n) is 12.4. The van der Waals surface area contributed by atoms with Crippen LogP contribution in [0, 0.1) is 6.92 Å². The van der Waals surface area contributed by atoms with E-state index in [2.05, 4.69) is 15.5 Å². The summed E-state index contributed by atoms with van der Waals surface area (Å²) in [4.78, 5) is 0. The van der Waals surface area contributed by atoms with E-state index in [1.807, 2.05) is 13.8 Å². The molecule has 21 heavy (non-hydrogen) atoms. The molecule has 0 unspecified atom stereocenters. The van der Waals surface area contributed by atoms with E-state index in [9.17, 15) is 8.42 Å². The maximum absolute atomic E-state index is 12.6. The van der Waals surface area contributed by atoms with Gasteiger partial charge < -0.3 is 9.73 Å². The fourth-order valence-electron chi connectivity index (χ4n) is 1.96. The highest BCUT2D eigenvalue weighted by Gasteiger charge is 2.28. The van der Waals surface area contributed by atoms with E-state index in [1.165, 1.54) is 17.6 Å². The number of H-pyrrole nitrogens is 1. The van der Waals surface area contributed by atoms with Gasteiger partial charge in [0.1, 0.15) is 5.76 Å². The third-order valence-electron chi connectivity index (χ3n) is 3.20. The minimum absolute atomic E-state index is 0.0648. The monoisotopic (exact) mass is 312 g/mol. The van der Waals surface area contributed by atoms with Crippen LogP contribution >= 0.6 is 0 Å². The number of hydrogen-bond acceptors (Lipinski definition) is 5. The molecule has 0 radical (unpaired) electrons. The van der Waals surface area contributed by atoms with Gasteiger partial charge in [-0.3, -0.25) is 5.10 Å². The summed E-state index contributed by atoms with van der Waals surface area (Å²) in [6, 6.07) is 3.46. The van der Waals surface area contributed by atoms with Gasteiger partial charge in [0.15, 0.2) is 5.03 Å². The summed E-state index contributed by atoms with van der Waals surface area (Å²) in [6.45, 7) is 5.16. The Kier molecular flexibility index (Phi) is 4.81. The molecule has 0 aliphatic carbocycles. The predicted molar refractivity (Wildman–Crippen MR) is 78.1 cm³/mol. The highest BCUT2D eigenvalue weighted by atomic mass is 32.2. The molecular weight excluding hydrogens is 292 g/mol. The standard InChI is InChI=1S/C13H20N4O3S/c1-4-14-8-12-10(2)15-16-13(12)21(18,19)17(3)9-11-6-5-7-20-11/h5-7,14H,4,8-9H2,1-3H3,(H,15,16). The Bertz CT molecular complexity index is 676. The lowest BCUT2D eigenvalue weighted by Gasteiger charge is -2.15. The van der Waals surface area contributed by atoms with Gasteiger partial charge in [-0.2, -0.15) is 9.40 Å². The van der Waals surface area contributed by atoms with Gasteiger partial charge in [-0.15, -0.1) is 0 Å². The second-order valence-corrected chi connectivity index (χ2v) is 6.71. The fourth-order valence-corrected chi connectivity index (χ4v) is 3.25. The molecule has 7 nitrogen and oxygen atoms in total. The molecule has 0 saturated carbocycles. The second kappa shape index (κ2) is 6.42. The van der Waals surface area contributed by atoms with Gasteiger partial charge in [0.05, 0.1) is 12.8 Å². The number of furan rings is 1. The van der Waals surface area contributed by atoms with Crippen molar-refractivity contribution >= 4 is 10.0 Å². The first-order valence-electron chi connectivity index (χ1n) is 6.70. The Balaban J connectivity index is 2.26. The molecule has 0 amide bonds. The number of nitrogens with one attached hydrogen (secondary N) is 2. The fraction of sp³-hybridized carbons (Fsp3) is 0.462. The summed E-state index contributed by atoms with van der Waals surface area (Å²) >= 11 is 0. The summed E-state index contributed by atoms with van der Waals surface area (Å²) in [5, 5.41) is 9.90. The van der Waals surface area contributed by atoms with Crippen molar-refractivity contribution in [3.05, 3.63) is 35.4 Å². The maximum Gasteiger partial charge on any atom is 0.262 e. The van der Waals surface area contributed by atoms with Gasteiger partial charge in [0, 0.05) is 24.8 Å². The second-order valence-electron chi connectivity index (χ2n) is 4.75. The lowest BCUT2D eigenvalue weighted by atomic mass is 10.2. The molecule has 2 N–H and O–H groups in total. The van der Waals surface area contributed by atoms with Crippen LogP contribution in [-0.4, -0.2) is 36.5 Å². The van der Waals surface area contributed by atoms with Crippen molar-refractivity contribution in [1.82, 2.24) is 19.8 Å². The van der Waals surface area contributed by atoms with Crippen molar-refractivity contribution in [2.45, 2.75) is 32.0 Å². The average Bonchev–Trinajstić information content (AvgIpc) is 3.06. The van der Waals surface area contributed by atoms with Crippen LogP contribution in [0.2, 0.25) is 0 Å². The van der Waals surface area contributed by atoms with Crippen LogP contribution in [0.1, 0.15) is 23.9 Å². The molecule has 116 valence electrons. The number of sulfonamides is 1. The van der Waals surface area contributed by atoms with Gasteiger partial charge >= 0.3 is 0 Å². The zero-order valence-corrected chi connectivity index (χ0v) is 13.2. The Labute approximate surface area is 124 Å². The molecule has 0 fully saturated rings. The minimum atomic E-state index is -3.66. The summed E-state index contributed by atoms with van der Waals surface area (Å²) in [6.07, 6.45) is 1.52. The molecule has 0 atom stereocenters. The van der Waals surface area contributed by atoms with E-state index in [1.54, 1.807) is 12.1 Å². The summed E-state index contributed by atoms with van der Waals surface area (Å²) in [7, 11) is -2.15. The number of aromatic amines is 1. The van der Waals surface area contributed by atoms with Crippen molar-refractivity contribution < 1.29 is 12.8 Å². The Morgan fingerprint density at radius 1 is 1.48 bits per heavy atom. The van der Waals surface area contributed by atoms with E-state index in [4.69, 9.17) is 4.42 Å². The van der Waals surface area contributed by atoms with Crippen LogP contribution in [0.25, 0.3) is 0 Å². The first-order valence-corrected chi connectivity index (χ1v) is 8.14. The number of nitrogens with zero attached hydrogens (tertiary/aromatic N) is 2. The lowest BCUT2D eigenvalue weighted by Crippen LogP contribution is -2.28. The van der Waals surface area contributed by atoms with Gasteiger partial charge in [-0.05, 0) is 25.6 Å². The molecule has 0 aliphatic rings. The Morgan fingerprint density at radius 2 is 2.24 bits per heavy atom. The topological polar surface area (TPSA) is 91.2 Å². The first-order chi connectivity index (χ1) is 9.96. The molecule has 0 aromatic carbocycles. The van der Waals surface area contributed by atoms with E-state index in [0.29, 0.717) is 17.9 Å². The van der Waals surface area contributed by atoms with Gasteiger partial charge in [-0.25, -0.2) is 8.42 Å². The predicted octanol–water partition coefficient (Wildman–Crippen LogP) is 1.24. The molecule has 2 rings (SSSR count). The minimum Gasteiger partial charge on any atom is -0.468 e. The van der Waals surface area contributed by atoms with E-state index in [0.717, 1.165) is 12.2 Å². The number of aromatic nitrogens is 2. The van der Waals surface area contributed by atoms with Crippen molar-refractivity contribution in [3.8, 4) is 0 Å². The van der Waals surface area contributed by atoms with Crippen LogP contribution in [0.5, 0.6) is 0 Å². The van der Waals surface area contributed by atoms with Gasteiger partial charge in [0.2, 0.25) is 0 Å². The third-order valence-corrected chi connectivity index (χ3v) is 4.98. The van der Waals surface area contributed by atoms with Crippen LogP contribution in [0.15, 0.2) is 27.8 Å². The molecular formula is C13H20N4O3S. The quantitative estimate of drug-likeness (QED) is 0.802. The van der Waals surface area contributed by atoms with Gasteiger partial charge in [0.25, 0.3) is 10.0 Å². The normalized spacial score (nSPS) is 12.2. The Morgan fingerprint density at radius 3 is 2.86 bits per heavy atom. The number of hydrogen-bond donors (Lipinski definition) is 2. The molecule has 0 aliphatic heterocycles. The summed E-state index contributed by atoms with van der Waals surface area (Å²) in [5.74, 6) is 0.585.